The first-order valence-electron chi connectivity index (χ1n) is 12.1. The van der Waals surface area contributed by atoms with Gasteiger partial charge in [0, 0.05) is 51.3 Å². The normalized spacial score (nSPS) is 23.4. The number of hydrogen-bond donors (Lipinski definition) is 0. The molecule has 0 N–H and O–H groups in total. The number of piperazine rings is 1. The van der Waals surface area contributed by atoms with Gasteiger partial charge >= 0.3 is 0 Å². The lowest BCUT2D eigenvalue weighted by atomic mass is 9.75. The average molecular weight is 499 g/mol. The summed E-state index contributed by atoms with van der Waals surface area (Å²) < 4.78 is 14.2. The van der Waals surface area contributed by atoms with Crippen LogP contribution in [0.15, 0.2) is 42.6 Å². The van der Waals surface area contributed by atoms with E-state index in [4.69, 9.17) is 11.6 Å². The Labute approximate surface area is 208 Å². The number of likely N-dealkylation sites (tertiary alicyclic amines) is 1. The minimum atomic E-state index is -1.37. The number of benzene rings is 1. The van der Waals surface area contributed by atoms with Gasteiger partial charge < -0.3 is 9.80 Å². The summed E-state index contributed by atoms with van der Waals surface area (Å²) in [6.45, 7) is 2.12. The molecule has 0 radical (unpaired) electrons. The van der Waals surface area contributed by atoms with Crippen molar-refractivity contribution in [1.82, 2.24) is 14.8 Å². The molecule has 184 valence electrons. The quantitative estimate of drug-likeness (QED) is 0.589. The van der Waals surface area contributed by atoms with Crippen LogP contribution in [0, 0.1) is 5.82 Å². The number of rotatable bonds is 5. The topological polar surface area (TPSA) is 73.8 Å². The van der Waals surface area contributed by atoms with E-state index >= 15 is 0 Å². The van der Waals surface area contributed by atoms with E-state index in [1.165, 1.54) is 23.1 Å². The van der Waals surface area contributed by atoms with Crippen LogP contribution in [-0.4, -0.2) is 64.7 Å². The molecule has 7 nitrogen and oxygen atoms in total. The zero-order valence-corrected chi connectivity index (χ0v) is 20.2. The van der Waals surface area contributed by atoms with Crippen molar-refractivity contribution in [2.45, 2.75) is 50.0 Å². The maximum absolute atomic E-state index is 14.2. The number of halogens is 2. The molecule has 2 saturated heterocycles. The van der Waals surface area contributed by atoms with Crippen LogP contribution in [0.1, 0.15) is 44.1 Å². The highest BCUT2D eigenvalue weighted by Crippen LogP contribution is 2.43. The van der Waals surface area contributed by atoms with E-state index in [1.54, 1.807) is 23.2 Å². The minimum absolute atomic E-state index is 0.105. The van der Waals surface area contributed by atoms with Crippen LogP contribution in [0.2, 0.25) is 5.02 Å². The predicted molar refractivity (Wildman–Crippen MR) is 129 cm³/mol. The van der Waals surface area contributed by atoms with E-state index in [2.05, 4.69) is 9.88 Å². The first-order chi connectivity index (χ1) is 16.9. The number of imide groups is 1. The summed E-state index contributed by atoms with van der Waals surface area (Å²) in [5.74, 6) is -0.526. The van der Waals surface area contributed by atoms with E-state index in [0.29, 0.717) is 36.8 Å². The molecular weight excluding hydrogens is 471 g/mol. The second kappa shape index (κ2) is 9.57. The summed E-state index contributed by atoms with van der Waals surface area (Å²) in [5.41, 5.74) is -0.970. The van der Waals surface area contributed by atoms with Gasteiger partial charge in [0.1, 0.15) is 11.6 Å². The smallest absolute Gasteiger partial charge is 0.241 e. The first-order valence-corrected chi connectivity index (χ1v) is 12.5. The van der Waals surface area contributed by atoms with E-state index in [-0.39, 0.29) is 36.6 Å². The molecule has 1 aromatic heterocycles. The summed E-state index contributed by atoms with van der Waals surface area (Å²) in [4.78, 5) is 49.9. The van der Waals surface area contributed by atoms with Gasteiger partial charge in [-0.3, -0.25) is 19.3 Å². The Kier molecular flexibility index (Phi) is 6.49. The molecule has 9 heteroatoms. The largest absolute Gasteiger partial charge is 0.353 e. The number of aromatic nitrogens is 1. The minimum Gasteiger partial charge on any atom is -0.353 e. The molecule has 3 fully saturated rings. The molecule has 2 aliphatic heterocycles. The lowest BCUT2D eigenvalue weighted by Gasteiger charge is -2.37. The van der Waals surface area contributed by atoms with Crippen LogP contribution >= 0.6 is 11.6 Å². The lowest BCUT2D eigenvalue weighted by Crippen LogP contribution is -2.51. The van der Waals surface area contributed by atoms with Gasteiger partial charge in [0.15, 0.2) is 0 Å². The molecule has 1 saturated carbocycles. The summed E-state index contributed by atoms with van der Waals surface area (Å²) in [6.07, 6.45) is 4.85. The Balaban J connectivity index is 1.36. The van der Waals surface area contributed by atoms with E-state index < -0.39 is 11.2 Å². The third-order valence-corrected chi connectivity index (χ3v) is 7.76. The number of carbonyl (C=O) groups excluding carboxylic acids is 3. The van der Waals surface area contributed by atoms with Crippen LogP contribution in [0.3, 0.4) is 0 Å². The third-order valence-electron chi connectivity index (χ3n) is 7.54. The third kappa shape index (κ3) is 4.51. The highest BCUT2D eigenvalue weighted by molar-refractivity contribution is 6.30. The van der Waals surface area contributed by atoms with Gasteiger partial charge in [-0.25, -0.2) is 9.37 Å². The fraction of sp³-hybridized carbons (Fsp3) is 0.462. The second-order valence-electron chi connectivity index (χ2n) is 9.66. The number of nitrogens with zero attached hydrogens (tertiary/aromatic N) is 4. The van der Waals surface area contributed by atoms with Crippen molar-refractivity contribution in [2.75, 3.05) is 31.1 Å². The fourth-order valence-electron chi connectivity index (χ4n) is 5.66. The molecule has 1 aliphatic carbocycles. The van der Waals surface area contributed by atoms with Crippen molar-refractivity contribution in [1.29, 1.82) is 0 Å². The molecule has 0 bridgehead atoms. The van der Waals surface area contributed by atoms with Crippen molar-refractivity contribution in [3.63, 3.8) is 0 Å². The van der Waals surface area contributed by atoms with Gasteiger partial charge in [-0.15, -0.1) is 0 Å². The molecule has 0 spiro atoms. The molecule has 3 aliphatic rings. The highest BCUT2D eigenvalue weighted by Gasteiger charge is 2.56. The van der Waals surface area contributed by atoms with Gasteiger partial charge in [0.2, 0.25) is 17.7 Å². The molecule has 35 heavy (non-hydrogen) atoms. The first kappa shape index (κ1) is 23.7. The van der Waals surface area contributed by atoms with Crippen LogP contribution in [0.25, 0.3) is 0 Å². The summed E-state index contributed by atoms with van der Waals surface area (Å²) >= 11 is 5.93. The van der Waals surface area contributed by atoms with Crippen molar-refractivity contribution < 1.29 is 18.8 Å². The van der Waals surface area contributed by atoms with Crippen LogP contribution in [0.5, 0.6) is 0 Å². The van der Waals surface area contributed by atoms with Crippen LogP contribution in [-0.2, 0) is 19.8 Å². The highest BCUT2D eigenvalue weighted by atomic mass is 35.5. The van der Waals surface area contributed by atoms with E-state index in [1.807, 2.05) is 6.07 Å². The van der Waals surface area contributed by atoms with Crippen LogP contribution < -0.4 is 4.90 Å². The Morgan fingerprint density at radius 3 is 2.49 bits per heavy atom. The molecule has 1 unspecified atom stereocenters. The Bertz CT molecular complexity index is 1130. The zero-order chi connectivity index (χ0) is 24.6. The van der Waals surface area contributed by atoms with Gasteiger partial charge in [-0.1, -0.05) is 36.6 Å². The van der Waals surface area contributed by atoms with Gasteiger partial charge in [-0.05, 0) is 42.7 Å². The summed E-state index contributed by atoms with van der Waals surface area (Å²) in [5, 5.41) is 0.563. The Morgan fingerprint density at radius 1 is 1.09 bits per heavy atom. The fourth-order valence-corrected chi connectivity index (χ4v) is 5.77. The van der Waals surface area contributed by atoms with Gasteiger partial charge in [-0.2, -0.15) is 0 Å². The van der Waals surface area contributed by atoms with E-state index in [0.717, 1.165) is 31.5 Å². The maximum Gasteiger partial charge on any atom is 0.241 e. The van der Waals surface area contributed by atoms with E-state index in [9.17, 15) is 18.8 Å². The Morgan fingerprint density at radius 2 is 1.83 bits per heavy atom. The number of amides is 3. The number of hydrogen-bond acceptors (Lipinski definition) is 5. The molecule has 1 atom stereocenters. The lowest BCUT2D eigenvalue weighted by molar-refractivity contribution is -0.144. The number of carbonyl (C=O) groups is 3. The molecule has 2 aromatic rings. The molecule has 3 amide bonds. The summed E-state index contributed by atoms with van der Waals surface area (Å²) in [7, 11) is 0. The number of anilines is 1. The van der Waals surface area contributed by atoms with Crippen molar-refractivity contribution in [2.24, 2.45) is 0 Å². The molecular formula is C26H28ClFN4O3. The average Bonchev–Trinajstić information content (AvgIpc) is 3.46. The predicted octanol–water partition coefficient (Wildman–Crippen LogP) is 3.55. The van der Waals surface area contributed by atoms with Gasteiger partial charge in [0.25, 0.3) is 0 Å². The standard InChI is InChI=1S/C26H28ClFN4O3/c27-19-8-9-22(29-17-19)30-10-12-31(13-11-30)23(33)15-26(18-4-3-5-20(28)14-18)16-24(34)32(25(26)35)21-6-1-2-7-21/h3-5,8-9,14,17,21H,1-2,6-7,10-13,15-16H2. The van der Waals surface area contributed by atoms with Crippen molar-refractivity contribution in [3.8, 4) is 0 Å². The molecule has 1 aromatic carbocycles. The Hall–Kier alpha value is -3.00. The SMILES string of the molecule is O=C(CC1(c2cccc(F)c2)CC(=O)N(C2CCCC2)C1=O)N1CCN(c2ccc(Cl)cn2)CC1. The second-order valence-corrected chi connectivity index (χ2v) is 10.1. The van der Waals surface area contributed by atoms with Crippen LogP contribution in [0.4, 0.5) is 10.2 Å². The number of pyridine rings is 1. The monoisotopic (exact) mass is 498 g/mol. The zero-order valence-electron chi connectivity index (χ0n) is 19.5. The molecule has 5 rings (SSSR count). The summed E-state index contributed by atoms with van der Waals surface area (Å²) in [6, 6.07) is 9.28. The van der Waals surface area contributed by atoms with Crippen molar-refractivity contribution >= 4 is 35.1 Å². The maximum atomic E-state index is 14.2. The van der Waals surface area contributed by atoms with Crippen molar-refractivity contribution in [3.05, 3.63) is 59.0 Å². The molecule has 3 heterocycles. The van der Waals surface area contributed by atoms with Gasteiger partial charge in [0.05, 0.1) is 10.4 Å².